The molecule has 0 aromatic heterocycles. The molecule has 0 bridgehead atoms. The number of rotatable bonds is 6. The average molecular weight is 282 g/mol. The van der Waals surface area contributed by atoms with Gasteiger partial charge in [0.15, 0.2) is 0 Å². The molecule has 1 aromatic rings. The third-order valence-corrected chi connectivity index (χ3v) is 2.86. The topological polar surface area (TPSA) is 69.6 Å². The van der Waals surface area contributed by atoms with Gasteiger partial charge in [-0.25, -0.2) is 9.18 Å². The van der Waals surface area contributed by atoms with E-state index in [9.17, 15) is 14.0 Å². The Kier molecular flexibility index (Phi) is 5.96. The summed E-state index contributed by atoms with van der Waals surface area (Å²) in [6, 6.07) is 5.07. The summed E-state index contributed by atoms with van der Waals surface area (Å²) in [7, 11) is 0. The van der Waals surface area contributed by atoms with Crippen LogP contribution in [0.3, 0.4) is 0 Å². The fourth-order valence-corrected chi connectivity index (χ4v) is 1.77. The monoisotopic (exact) mass is 282 g/mol. The third kappa shape index (κ3) is 4.87. The molecule has 1 rings (SSSR count). The quantitative estimate of drug-likeness (QED) is 0.842. The van der Waals surface area contributed by atoms with Crippen LogP contribution in [0, 0.1) is 5.82 Å². The Bertz CT molecular complexity index is 462. The summed E-state index contributed by atoms with van der Waals surface area (Å²) < 4.78 is 12.9. The van der Waals surface area contributed by atoms with E-state index in [0.717, 1.165) is 0 Å². The lowest BCUT2D eigenvalue weighted by Gasteiger charge is -2.24. The number of nitrogens with one attached hydrogen (secondary N) is 1. The highest BCUT2D eigenvalue weighted by atomic mass is 19.1. The van der Waals surface area contributed by atoms with Gasteiger partial charge in [0.2, 0.25) is 0 Å². The Morgan fingerprint density at radius 1 is 1.35 bits per heavy atom. The second-order valence-electron chi connectivity index (χ2n) is 4.50. The first-order valence-electron chi connectivity index (χ1n) is 6.49. The van der Waals surface area contributed by atoms with Crippen LogP contribution in [0.5, 0.6) is 0 Å². The number of carboxylic acid groups (broad SMARTS) is 1. The zero-order valence-corrected chi connectivity index (χ0v) is 11.6. The second-order valence-corrected chi connectivity index (χ2v) is 4.50. The maximum atomic E-state index is 12.9. The fourth-order valence-electron chi connectivity index (χ4n) is 1.77. The molecule has 0 heterocycles. The molecule has 0 saturated carbocycles. The van der Waals surface area contributed by atoms with Gasteiger partial charge in [-0.05, 0) is 44.5 Å². The number of hydrogen-bond donors (Lipinski definition) is 2. The number of halogens is 1. The molecule has 2 amide bonds. The predicted octanol–water partition coefficient (Wildman–Crippen LogP) is 2.61. The van der Waals surface area contributed by atoms with Crippen LogP contribution >= 0.6 is 0 Å². The summed E-state index contributed by atoms with van der Waals surface area (Å²) >= 11 is 0. The van der Waals surface area contributed by atoms with Crippen LogP contribution in [0.2, 0.25) is 0 Å². The van der Waals surface area contributed by atoms with Gasteiger partial charge in [0, 0.05) is 24.7 Å². The molecule has 1 atom stereocenters. The highest BCUT2D eigenvalue weighted by Crippen LogP contribution is 2.15. The van der Waals surface area contributed by atoms with Crippen LogP contribution in [0.25, 0.3) is 0 Å². The first-order chi connectivity index (χ1) is 9.43. The van der Waals surface area contributed by atoms with E-state index in [4.69, 9.17) is 5.11 Å². The van der Waals surface area contributed by atoms with Gasteiger partial charge in [-0.3, -0.25) is 9.69 Å². The van der Waals surface area contributed by atoms with Gasteiger partial charge in [0.1, 0.15) is 5.82 Å². The number of urea groups is 1. The lowest BCUT2D eigenvalue weighted by molar-refractivity contribution is -0.137. The number of benzene rings is 1. The van der Waals surface area contributed by atoms with E-state index < -0.39 is 5.97 Å². The Labute approximate surface area is 117 Å². The van der Waals surface area contributed by atoms with Crippen LogP contribution in [-0.4, -0.2) is 29.7 Å². The average Bonchev–Trinajstić information content (AvgIpc) is 2.39. The van der Waals surface area contributed by atoms with Crippen molar-refractivity contribution < 1.29 is 19.1 Å². The van der Waals surface area contributed by atoms with Crippen molar-refractivity contribution in [3.05, 3.63) is 30.1 Å². The molecular formula is C14H19FN2O3. The number of carboxylic acids is 1. The van der Waals surface area contributed by atoms with Gasteiger partial charge in [-0.15, -0.1) is 0 Å². The zero-order chi connectivity index (χ0) is 15.1. The molecule has 0 aliphatic carbocycles. The van der Waals surface area contributed by atoms with Crippen molar-refractivity contribution in [2.75, 3.05) is 11.4 Å². The standard InChI is InChI=1S/C14H19FN2O3/c1-3-17(12-7-5-11(15)6-8-12)14(20)16-10(2)4-9-13(18)19/h5-8,10H,3-4,9H2,1-2H3,(H,16,20)(H,18,19). The summed E-state index contributed by atoms with van der Waals surface area (Å²) in [5.74, 6) is -1.25. The minimum atomic E-state index is -0.892. The van der Waals surface area contributed by atoms with Crippen molar-refractivity contribution in [1.82, 2.24) is 5.32 Å². The molecule has 0 aliphatic heterocycles. The molecule has 0 aliphatic rings. The maximum Gasteiger partial charge on any atom is 0.322 e. The van der Waals surface area contributed by atoms with Crippen molar-refractivity contribution in [1.29, 1.82) is 0 Å². The minimum Gasteiger partial charge on any atom is -0.481 e. The van der Waals surface area contributed by atoms with Crippen molar-refractivity contribution in [2.45, 2.75) is 32.7 Å². The molecule has 20 heavy (non-hydrogen) atoms. The highest BCUT2D eigenvalue weighted by Gasteiger charge is 2.16. The smallest absolute Gasteiger partial charge is 0.322 e. The molecule has 0 radical (unpaired) electrons. The molecule has 6 heteroatoms. The van der Waals surface area contributed by atoms with Gasteiger partial charge in [0.25, 0.3) is 0 Å². The molecule has 0 fully saturated rings. The second kappa shape index (κ2) is 7.47. The molecule has 5 nitrogen and oxygen atoms in total. The summed E-state index contributed by atoms with van der Waals surface area (Å²) in [5.41, 5.74) is 0.594. The van der Waals surface area contributed by atoms with Crippen LogP contribution in [0.15, 0.2) is 24.3 Å². The van der Waals surface area contributed by atoms with E-state index >= 15 is 0 Å². The van der Waals surface area contributed by atoms with E-state index in [1.165, 1.54) is 29.2 Å². The normalized spacial score (nSPS) is 11.8. The highest BCUT2D eigenvalue weighted by molar-refractivity contribution is 5.92. The first-order valence-corrected chi connectivity index (χ1v) is 6.49. The van der Waals surface area contributed by atoms with Crippen molar-refractivity contribution >= 4 is 17.7 Å². The number of aliphatic carboxylic acids is 1. The Morgan fingerprint density at radius 2 is 1.95 bits per heavy atom. The first kappa shape index (κ1) is 15.9. The Balaban J connectivity index is 2.63. The van der Waals surface area contributed by atoms with Crippen molar-refractivity contribution in [3.8, 4) is 0 Å². The third-order valence-electron chi connectivity index (χ3n) is 2.86. The van der Waals surface area contributed by atoms with E-state index in [2.05, 4.69) is 5.32 Å². The summed E-state index contributed by atoms with van der Waals surface area (Å²) in [5, 5.41) is 11.3. The van der Waals surface area contributed by atoms with Gasteiger partial charge in [-0.2, -0.15) is 0 Å². The largest absolute Gasteiger partial charge is 0.481 e. The van der Waals surface area contributed by atoms with Gasteiger partial charge in [-0.1, -0.05) is 0 Å². The zero-order valence-electron chi connectivity index (χ0n) is 11.6. The van der Waals surface area contributed by atoms with Crippen LogP contribution in [0.4, 0.5) is 14.9 Å². The molecule has 2 N–H and O–H groups in total. The summed E-state index contributed by atoms with van der Waals surface area (Å²) in [6.45, 7) is 3.99. The van der Waals surface area contributed by atoms with E-state index in [0.29, 0.717) is 18.7 Å². The number of hydrogen-bond acceptors (Lipinski definition) is 2. The van der Waals surface area contributed by atoms with Gasteiger partial charge in [0.05, 0.1) is 0 Å². The van der Waals surface area contributed by atoms with Gasteiger partial charge < -0.3 is 10.4 Å². The van der Waals surface area contributed by atoms with E-state index in [1.807, 2.05) is 6.92 Å². The molecular weight excluding hydrogens is 263 g/mol. The van der Waals surface area contributed by atoms with Crippen molar-refractivity contribution in [3.63, 3.8) is 0 Å². The van der Waals surface area contributed by atoms with E-state index in [-0.39, 0.29) is 24.3 Å². The van der Waals surface area contributed by atoms with Crippen LogP contribution < -0.4 is 10.2 Å². The number of carbonyl (C=O) groups is 2. The SMILES string of the molecule is CCN(C(=O)NC(C)CCC(=O)O)c1ccc(F)cc1. The van der Waals surface area contributed by atoms with E-state index in [1.54, 1.807) is 6.92 Å². The fraction of sp³-hybridized carbons (Fsp3) is 0.429. The number of carbonyl (C=O) groups excluding carboxylic acids is 1. The van der Waals surface area contributed by atoms with Gasteiger partial charge >= 0.3 is 12.0 Å². The number of anilines is 1. The number of amides is 2. The lowest BCUT2D eigenvalue weighted by Crippen LogP contribution is -2.44. The predicted molar refractivity (Wildman–Crippen MR) is 74.3 cm³/mol. The lowest BCUT2D eigenvalue weighted by atomic mass is 10.2. The van der Waals surface area contributed by atoms with Crippen LogP contribution in [-0.2, 0) is 4.79 Å². The summed E-state index contributed by atoms with van der Waals surface area (Å²) in [4.78, 5) is 24.0. The van der Waals surface area contributed by atoms with Crippen molar-refractivity contribution in [2.24, 2.45) is 0 Å². The molecule has 1 aromatic carbocycles. The molecule has 110 valence electrons. The Morgan fingerprint density at radius 3 is 2.45 bits per heavy atom. The number of nitrogens with zero attached hydrogens (tertiary/aromatic N) is 1. The molecule has 0 saturated heterocycles. The van der Waals surface area contributed by atoms with Crippen LogP contribution in [0.1, 0.15) is 26.7 Å². The maximum absolute atomic E-state index is 12.9. The molecule has 0 spiro atoms. The Hall–Kier alpha value is -2.11. The minimum absolute atomic E-state index is 0.00409. The summed E-state index contributed by atoms with van der Waals surface area (Å²) in [6.07, 6.45) is 0.367. The molecule has 1 unspecified atom stereocenters.